The number of ether oxygens (including phenoxy) is 2. The first kappa shape index (κ1) is 63.2. The van der Waals surface area contributed by atoms with Gasteiger partial charge in [-0.1, -0.05) is 233 Å². The van der Waals surface area contributed by atoms with E-state index < -0.39 is 24.3 Å². The summed E-state index contributed by atoms with van der Waals surface area (Å²) in [7, 11) is 3.97. The highest BCUT2D eigenvalue weighted by atomic mass is 19.1. The molecule has 4 unspecified atom stereocenters. The number of rotatable bonds is 48. The molecule has 0 N–H and O–H groups in total. The summed E-state index contributed by atoms with van der Waals surface area (Å²) in [5.41, 5.74) is 0. The summed E-state index contributed by atoms with van der Waals surface area (Å²) in [4.78, 5) is 44.3. The number of amides is 1. The van der Waals surface area contributed by atoms with Gasteiger partial charge in [-0.2, -0.15) is 0 Å². The van der Waals surface area contributed by atoms with Crippen molar-refractivity contribution in [3.63, 3.8) is 0 Å². The molecule has 1 aliphatic rings. The van der Waals surface area contributed by atoms with Crippen LogP contribution in [-0.2, 0) is 23.9 Å². The number of hydrogen-bond acceptors (Lipinski definition) is 6. The fraction of sp³-hybridized carbons (Fsp3) is 0.948. The number of nitrogens with zero attached hydrogens (tertiary/aromatic N) is 2. The van der Waals surface area contributed by atoms with E-state index in [1.807, 2.05) is 14.1 Å². The number of alkyl halides is 2. The van der Waals surface area contributed by atoms with Gasteiger partial charge >= 0.3 is 11.9 Å². The molecule has 1 rings (SSSR count). The summed E-state index contributed by atoms with van der Waals surface area (Å²) in [6.07, 6.45) is 37.9. The molecule has 0 radical (unpaired) electrons. The number of hydrogen-bond donors (Lipinski definition) is 0. The third-order valence-electron chi connectivity index (χ3n) is 14.8. The Morgan fingerprint density at radius 1 is 0.448 bits per heavy atom. The van der Waals surface area contributed by atoms with Gasteiger partial charge in [0, 0.05) is 43.2 Å². The number of carbonyl (C=O) groups excluding carboxylic acids is 3. The topological polar surface area (TPSA) is 76.2 Å². The van der Waals surface area contributed by atoms with Gasteiger partial charge in [0.2, 0.25) is 5.91 Å². The van der Waals surface area contributed by atoms with E-state index in [0.717, 1.165) is 83.6 Å². The maximum Gasteiger partial charge on any atom is 0.341 e. The van der Waals surface area contributed by atoms with Crippen LogP contribution < -0.4 is 0 Å². The van der Waals surface area contributed by atoms with Gasteiger partial charge in [-0.15, -0.1) is 0 Å². The second-order valence-corrected chi connectivity index (χ2v) is 21.4. The minimum atomic E-state index is -1.69. The molecule has 0 bridgehead atoms. The van der Waals surface area contributed by atoms with E-state index in [1.165, 1.54) is 128 Å². The maximum atomic E-state index is 16.2. The van der Waals surface area contributed by atoms with Crippen molar-refractivity contribution in [1.29, 1.82) is 0 Å². The van der Waals surface area contributed by atoms with E-state index in [-0.39, 0.29) is 42.8 Å². The van der Waals surface area contributed by atoms with Gasteiger partial charge in [-0.25, -0.2) is 18.4 Å². The highest BCUT2D eigenvalue weighted by Crippen LogP contribution is 2.30. The minimum Gasteiger partial charge on any atom is -0.463 e. The Bertz CT molecular complexity index is 1040. The summed E-state index contributed by atoms with van der Waals surface area (Å²) in [6.45, 7) is 10.3. The molecule has 0 aliphatic carbocycles. The Labute approximate surface area is 413 Å². The monoisotopic (exact) mass is 953 g/mol. The molecule has 1 amide bonds. The quantitative estimate of drug-likeness (QED) is 0.0447. The predicted octanol–water partition coefficient (Wildman–Crippen LogP) is 16.5. The second-order valence-electron chi connectivity index (χ2n) is 21.4. The smallest absolute Gasteiger partial charge is 0.341 e. The zero-order valence-corrected chi connectivity index (χ0v) is 45.1. The van der Waals surface area contributed by atoms with E-state index in [9.17, 15) is 14.4 Å². The number of carbonyl (C=O) groups is 3. The maximum absolute atomic E-state index is 16.2. The van der Waals surface area contributed by atoms with Crippen LogP contribution in [0, 0.1) is 23.7 Å². The Kier molecular flexibility index (Phi) is 41.7. The van der Waals surface area contributed by atoms with E-state index >= 15 is 8.78 Å². The van der Waals surface area contributed by atoms with E-state index in [4.69, 9.17) is 9.47 Å². The number of likely N-dealkylation sites (tertiary alicyclic amines) is 1. The van der Waals surface area contributed by atoms with Gasteiger partial charge in [0.25, 0.3) is 0 Å². The zero-order valence-electron chi connectivity index (χ0n) is 45.1. The van der Waals surface area contributed by atoms with Crippen molar-refractivity contribution in [3.05, 3.63) is 0 Å². The highest BCUT2D eigenvalue weighted by Gasteiger charge is 2.39. The largest absolute Gasteiger partial charge is 0.463 e. The second kappa shape index (κ2) is 44.2. The molecular weight excluding hydrogens is 843 g/mol. The van der Waals surface area contributed by atoms with Gasteiger partial charge in [0.05, 0.1) is 13.2 Å². The molecule has 0 spiro atoms. The van der Waals surface area contributed by atoms with Crippen LogP contribution in [-0.4, -0.2) is 86.9 Å². The fourth-order valence-corrected chi connectivity index (χ4v) is 10.2. The van der Waals surface area contributed by atoms with Crippen molar-refractivity contribution in [3.8, 4) is 0 Å². The lowest BCUT2D eigenvalue weighted by molar-refractivity contribution is -0.157. The number of esters is 2. The van der Waals surface area contributed by atoms with Crippen molar-refractivity contribution in [2.45, 2.75) is 284 Å². The average Bonchev–Trinajstić information content (AvgIpc) is 3.74. The van der Waals surface area contributed by atoms with E-state index in [1.54, 1.807) is 4.90 Å². The molecule has 0 aromatic heterocycles. The molecule has 1 fully saturated rings. The van der Waals surface area contributed by atoms with Crippen LogP contribution in [0.2, 0.25) is 0 Å². The Morgan fingerprint density at radius 3 is 0.985 bits per heavy atom. The van der Waals surface area contributed by atoms with Crippen molar-refractivity contribution in [1.82, 2.24) is 9.80 Å². The molecule has 9 heteroatoms. The predicted molar refractivity (Wildman–Crippen MR) is 279 cm³/mol. The van der Waals surface area contributed by atoms with Crippen LogP contribution in [0.3, 0.4) is 0 Å². The average molecular weight is 954 g/mol. The molecule has 0 saturated carbocycles. The van der Waals surface area contributed by atoms with Crippen LogP contribution in [0.4, 0.5) is 8.78 Å². The lowest BCUT2D eigenvalue weighted by Gasteiger charge is -2.23. The fourth-order valence-electron chi connectivity index (χ4n) is 10.2. The Balaban J connectivity index is 2.97. The normalized spacial score (nSPS) is 16.1. The molecular formula is C58H110F2N2O5. The molecule has 0 aromatic rings. The first-order chi connectivity index (χ1) is 32.6. The molecule has 7 nitrogen and oxygen atoms in total. The molecule has 1 saturated heterocycles. The first-order valence-electron chi connectivity index (χ1n) is 29.1. The SMILES string of the molecule is CCCCCCCCCCC(CCCCCCCCCC)C(F)C(=O)OCC1CN(C(=O)CCCN(C)C)CC1COC(=O)C(F)C(CCCCCCCCCC)CCCCCCCCCC. The van der Waals surface area contributed by atoms with Crippen molar-refractivity contribution in [2.24, 2.45) is 23.7 Å². The van der Waals surface area contributed by atoms with Gasteiger partial charge in [-0.05, 0) is 52.7 Å². The lowest BCUT2D eigenvalue weighted by Crippen LogP contribution is -2.33. The summed E-state index contributed by atoms with van der Waals surface area (Å²) < 4.78 is 44.1. The van der Waals surface area contributed by atoms with Crippen LogP contribution in [0.1, 0.15) is 272 Å². The lowest BCUT2D eigenvalue weighted by atomic mass is 9.90. The Morgan fingerprint density at radius 2 is 0.716 bits per heavy atom. The third-order valence-corrected chi connectivity index (χ3v) is 14.8. The van der Waals surface area contributed by atoms with Gasteiger partial charge < -0.3 is 19.3 Å². The van der Waals surface area contributed by atoms with Crippen LogP contribution in [0.5, 0.6) is 0 Å². The van der Waals surface area contributed by atoms with Crippen LogP contribution >= 0.6 is 0 Å². The summed E-state index contributed by atoms with van der Waals surface area (Å²) in [5.74, 6) is -3.02. The molecule has 0 aromatic carbocycles. The minimum absolute atomic E-state index is 0.00493. The number of halogens is 2. The van der Waals surface area contributed by atoms with Gasteiger partial charge in [-0.3, -0.25) is 4.79 Å². The van der Waals surface area contributed by atoms with Crippen molar-refractivity contribution < 1.29 is 32.6 Å². The van der Waals surface area contributed by atoms with E-state index in [0.29, 0.717) is 51.6 Å². The molecule has 396 valence electrons. The molecule has 1 aliphatic heterocycles. The number of unbranched alkanes of at least 4 members (excludes halogenated alkanes) is 28. The summed E-state index contributed by atoms with van der Waals surface area (Å²) in [5, 5.41) is 0. The first-order valence-corrected chi connectivity index (χ1v) is 29.1. The summed E-state index contributed by atoms with van der Waals surface area (Å²) >= 11 is 0. The molecule has 67 heavy (non-hydrogen) atoms. The standard InChI is InChI=1S/C58H110F2N2O5/c1-7-11-15-19-23-27-31-35-40-50(41-36-32-28-24-20-16-12-8-2)55(59)57(64)66-48-52-46-62(54(63)44-39-45-61(5)6)47-53(52)49-67-58(65)56(60)51(42-37-33-29-25-21-17-13-9-3)43-38-34-30-26-22-18-14-10-4/h50-53,55-56H,7-49H2,1-6H3. The highest BCUT2D eigenvalue weighted by molar-refractivity contribution is 5.77. The van der Waals surface area contributed by atoms with Gasteiger partial charge in [0.1, 0.15) is 0 Å². The summed E-state index contributed by atoms with van der Waals surface area (Å²) in [6, 6.07) is 0. The molecule has 4 atom stereocenters. The van der Waals surface area contributed by atoms with Gasteiger partial charge in [0.15, 0.2) is 12.3 Å². The van der Waals surface area contributed by atoms with Crippen LogP contribution in [0.15, 0.2) is 0 Å². The van der Waals surface area contributed by atoms with E-state index in [2.05, 4.69) is 32.6 Å². The van der Waals surface area contributed by atoms with Crippen LogP contribution in [0.25, 0.3) is 0 Å². The third kappa shape index (κ3) is 33.5. The van der Waals surface area contributed by atoms with Crippen molar-refractivity contribution >= 4 is 17.8 Å². The molecule has 1 heterocycles. The zero-order chi connectivity index (χ0) is 49.2. The Hall–Kier alpha value is -1.77. The van der Waals surface area contributed by atoms with Crippen molar-refractivity contribution in [2.75, 3.05) is 46.9 Å².